The van der Waals surface area contributed by atoms with Crippen molar-refractivity contribution in [3.8, 4) is 0 Å². The zero-order valence-electron chi connectivity index (χ0n) is 26.1. The predicted octanol–water partition coefficient (Wildman–Crippen LogP) is 11.5. The summed E-state index contributed by atoms with van der Waals surface area (Å²) in [5.74, 6) is 1.57. The van der Waals surface area contributed by atoms with E-state index < -0.39 is 0 Å². The van der Waals surface area contributed by atoms with Crippen LogP contribution >= 0.6 is 0 Å². The molecule has 0 spiro atoms. The summed E-state index contributed by atoms with van der Waals surface area (Å²) in [6, 6.07) is 0. The van der Waals surface area contributed by atoms with Gasteiger partial charge in [-0.05, 0) is 32.1 Å². The molecule has 0 N–H and O–H groups in total. The topological polar surface area (TPSA) is 8.81 Å². The Morgan fingerprint density at radius 3 is 1.24 bits per heavy atom. The first-order chi connectivity index (χ1) is 18.3. The number of aryl methyl sites for hydroxylation is 2. The van der Waals surface area contributed by atoms with E-state index in [-0.39, 0.29) is 0 Å². The second-order valence-electron chi connectivity index (χ2n) is 12.0. The number of rotatable bonds is 29. The Morgan fingerprint density at radius 2 is 0.838 bits per heavy atom. The van der Waals surface area contributed by atoms with Gasteiger partial charge in [-0.1, -0.05) is 156 Å². The van der Waals surface area contributed by atoms with Crippen LogP contribution in [0.2, 0.25) is 0 Å². The minimum atomic E-state index is 1.22. The average Bonchev–Trinajstić information content (AvgIpc) is 3.28. The molecule has 0 unspecified atom stereocenters. The standard InChI is InChI=1S/C35H69N2/c1-4-7-9-11-13-15-16-17-18-19-20-21-22-23-25-27-29-32-37-34-33-36(35(37)30-6-3)31-28-26-24-14-12-10-8-5-2/h33-34H,4-32H2,1-3H3/q+1. The molecule has 0 aromatic carbocycles. The van der Waals surface area contributed by atoms with E-state index in [2.05, 4.69) is 42.3 Å². The van der Waals surface area contributed by atoms with Crippen LogP contribution in [0.15, 0.2) is 12.4 Å². The Bertz CT molecular complexity index is 576. The van der Waals surface area contributed by atoms with Crippen molar-refractivity contribution >= 4 is 0 Å². The summed E-state index contributed by atoms with van der Waals surface area (Å²) >= 11 is 0. The van der Waals surface area contributed by atoms with E-state index in [9.17, 15) is 0 Å². The van der Waals surface area contributed by atoms with Gasteiger partial charge in [0.25, 0.3) is 5.82 Å². The molecular formula is C35H69N2+. The van der Waals surface area contributed by atoms with Gasteiger partial charge in [0, 0.05) is 6.42 Å². The lowest BCUT2D eigenvalue weighted by Gasteiger charge is -2.06. The fourth-order valence-electron chi connectivity index (χ4n) is 5.84. The van der Waals surface area contributed by atoms with Crippen molar-refractivity contribution < 1.29 is 4.57 Å². The molecule has 1 rings (SSSR count). The first-order valence-corrected chi connectivity index (χ1v) is 17.4. The number of hydrogen-bond donors (Lipinski definition) is 0. The highest BCUT2D eigenvalue weighted by molar-refractivity contribution is 4.84. The molecule has 0 saturated heterocycles. The van der Waals surface area contributed by atoms with Crippen LogP contribution < -0.4 is 4.57 Å². The van der Waals surface area contributed by atoms with Crippen molar-refractivity contribution in [1.29, 1.82) is 0 Å². The lowest BCUT2D eigenvalue weighted by atomic mass is 10.0. The molecule has 0 fully saturated rings. The van der Waals surface area contributed by atoms with E-state index in [0.717, 1.165) is 0 Å². The lowest BCUT2D eigenvalue weighted by molar-refractivity contribution is -0.704. The molecule has 0 aliphatic rings. The zero-order valence-corrected chi connectivity index (χ0v) is 26.1. The lowest BCUT2D eigenvalue weighted by Crippen LogP contribution is -2.37. The molecule has 1 heterocycles. The molecule has 0 aliphatic heterocycles. The van der Waals surface area contributed by atoms with Gasteiger partial charge in [-0.2, -0.15) is 0 Å². The molecule has 2 nitrogen and oxygen atoms in total. The minimum Gasteiger partial charge on any atom is -0.234 e. The van der Waals surface area contributed by atoms with Crippen molar-refractivity contribution in [3.05, 3.63) is 18.2 Å². The monoisotopic (exact) mass is 518 g/mol. The van der Waals surface area contributed by atoms with Crippen LogP contribution in [0.4, 0.5) is 0 Å². The average molecular weight is 518 g/mol. The Labute approximate surface area is 234 Å². The summed E-state index contributed by atoms with van der Waals surface area (Å²) in [6.45, 7) is 9.38. The van der Waals surface area contributed by atoms with Crippen LogP contribution in [0.3, 0.4) is 0 Å². The third kappa shape index (κ3) is 19.9. The van der Waals surface area contributed by atoms with E-state index in [1.807, 2.05) is 0 Å². The molecule has 1 aromatic rings. The summed E-state index contributed by atoms with van der Waals surface area (Å²) in [5.41, 5.74) is 0. The van der Waals surface area contributed by atoms with Gasteiger partial charge >= 0.3 is 0 Å². The second-order valence-corrected chi connectivity index (χ2v) is 12.0. The van der Waals surface area contributed by atoms with E-state index >= 15 is 0 Å². The highest BCUT2D eigenvalue weighted by atomic mass is 15.1. The van der Waals surface area contributed by atoms with Gasteiger partial charge in [0.1, 0.15) is 12.4 Å². The largest absolute Gasteiger partial charge is 0.256 e. The Balaban J connectivity index is 1.99. The maximum atomic E-state index is 2.57. The molecule has 0 saturated carbocycles. The maximum absolute atomic E-state index is 2.57. The van der Waals surface area contributed by atoms with Gasteiger partial charge in [0.05, 0.1) is 13.1 Å². The van der Waals surface area contributed by atoms with Gasteiger partial charge in [0.15, 0.2) is 0 Å². The first kappa shape index (κ1) is 34.2. The van der Waals surface area contributed by atoms with Crippen molar-refractivity contribution in [3.63, 3.8) is 0 Å². The number of nitrogens with zero attached hydrogens (tertiary/aromatic N) is 2. The third-order valence-corrected chi connectivity index (χ3v) is 8.32. The van der Waals surface area contributed by atoms with Gasteiger partial charge in [-0.15, -0.1) is 0 Å². The molecule has 1 aromatic heterocycles. The molecule has 0 amide bonds. The molecule has 0 aliphatic carbocycles. The van der Waals surface area contributed by atoms with Crippen molar-refractivity contribution in [2.45, 2.75) is 207 Å². The predicted molar refractivity (Wildman–Crippen MR) is 165 cm³/mol. The Hall–Kier alpha value is -0.790. The summed E-state index contributed by atoms with van der Waals surface area (Å²) in [5, 5.41) is 0. The Morgan fingerprint density at radius 1 is 0.459 bits per heavy atom. The molecule has 0 radical (unpaired) electrons. The Kier molecular flexibility index (Phi) is 24.8. The molecule has 0 bridgehead atoms. The maximum Gasteiger partial charge on any atom is 0.256 e. The summed E-state index contributed by atoms with van der Waals surface area (Å²) in [6.07, 6.45) is 43.1. The fourth-order valence-corrected chi connectivity index (χ4v) is 5.84. The van der Waals surface area contributed by atoms with Gasteiger partial charge in [-0.25, -0.2) is 9.13 Å². The SMILES string of the molecule is CCCCCCCCCCCCCCCCCCC[n+]1ccn(CCCCCCCCCC)c1CCC. The van der Waals surface area contributed by atoms with Gasteiger partial charge in [-0.3, -0.25) is 0 Å². The van der Waals surface area contributed by atoms with Crippen molar-refractivity contribution in [1.82, 2.24) is 4.57 Å². The van der Waals surface area contributed by atoms with E-state index in [1.165, 1.54) is 186 Å². The fraction of sp³-hybridized carbons (Fsp3) is 0.914. The molecular weight excluding hydrogens is 448 g/mol. The summed E-state index contributed by atoms with van der Waals surface area (Å²) < 4.78 is 5.13. The highest BCUT2D eigenvalue weighted by Crippen LogP contribution is 2.14. The zero-order chi connectivity index (χ0) is 26.7. The van der Waals surface area contributed by atoms with Crippen LogP contribution in [0.25, 0.3) is 0 Å². The summed E-state index contributed by atoms with van der Waals surface area (Å²) in [4.78, 5) is 0. The smallest absolute Gasteiger partial charge is 0.234 e. The highest BCUT2D eigenvalue weighted by Gasteiger charge is 2.15. The van der Waals surface area contributed by atoms with Crippen LogP contribution in [-0.2, 0) is 19.5 Å². The molecule has 0 atom stereocenters. The third-order valence-electron chi connectivity index (χ3n) is 8.32. The number of aromatic nitrogens is 2. The van der Waals surface area contributed by atoms with Crippen LogP contribution in [0.1, 0.15) is 194 Å². The first-order valence-electron chi connectivity index (χ1n) is 17.4. The quantitative estimate of drug-likeness (QED) is 0.0737. The normalized spacial score (nSPS) is 11.5. The summed E-state index contributed by atoms with van der Waals surface area (Å²) in [7, 11) is 0. The van der Waals surface area contributed by atoms with Gasteiger partial charge < -0.3 is 0 Å². The molecule has 218 valence electrons. The van der Waals surface area contributed by atoms with E-state index in [1.54, 1.807) is 5.82 Å². The van der Waals surface area contributed by atoms with E-state index in [4.69, 9.17) is 0 Å². The molecule has 37 heavy (non-hydrogen) atoms. The second kappa shape index (κ2) is 26.8. The van der Waals surface area contributed by atoms with Crippen LogP contribution in [0, 0.1) is 0 Å². The van der Waals surface area contributed by atoms with Crippen molar-refractivity contribution in [2.24, 2.45) is 0 Å². The number of hydrogen-bond acceptors (Lipinski definition) is 0. The number of imidazole rings is 1. The minimum absolute atomic E-state index is 1.22. The van der Waals surface area contributed by atoms with Crippen LogP contribution in [0.5, 0.6) is 0 Å². The number of unbranched alkanes of at least 4 members (excludes halogenated alkanes) is 23. The van der Waals surface area contributed by atoms with Crippen LogP contribution in [-0.4, -0.2) is 4.57 Å². The molecule has 2 heteroatoms. The van der Waals surface area contributed by atoms with Crippen molar-refractivity contribution in [2.75, 3.05) is 0 Å². The van der Waals surface area contributed by atoms with E-state index in [0.29, 0.717) is 0 Å². The van der Waals surface area contributed by atoms with Gasteiger partial charge in [0.2, 0.25) is 0 Å².